The minimum atomic E-state index is -1.27. The van der Waals surface area contributed by atoms with Crippen molar-refractivity contribution in [2.75, 3.05) is 32.9 Å². The smallest absolute Gasteiger partial charge is 0.118 e. The van der Waals surface area contributed by atoms with Gasteiger partial charge in [0.05, 0.1) is 12.7 Å². The molecule has 0 spiro atoms. The molecule has 2 aromatic carbocycles. The van der Waals surface area contributed by atoms with E-state index in [1.807, 2.05) is 0 Å². The first-order chi connectivity index (χ1) is 16.3. The molecule has 182 valence electrons. The molecular weight excluding hydrogens is 428 g/mol. The van der Waals surface area contributed by atoms with Crippen molar-refractivity contribution >= 4 is 10.9 Å². The summed E-state index contributed by atoms with van der Waals surface area (Å²) in [5, 5.41) is 1.28. The molecule has 34 heavy (non-hydrogen) atoms. The Morgan fingerprint density at radius 2 is 1.79 bits per heavy atom. The van der Waals surface area contributed by atoms with Crippen LogP contribution in [0.15, 0.2) is 48.5 Å². The van der Waals surface area contributed by atoms with Gasteiger partial charge in [-0.25, -0.2) is 4.39 Å². The highest BCUT2D eigenvalue weighted by Gasteiger charge is 2.38. The van der Waals surface area contributed by atoms with Gasteiger partial charge in [0.1, 0.15) is 5.67 Å². The van der Waals surface area contributed by atoms with Gasteiger partial charge in [0.2, 0.25) is 0 Å². The van der Waals surface area contributed by atoms with E-state index in [2.05, 4.69) is 70.2 Å². The molecule has 1 N–H and O–H groups in total. The lowest BCUT2D eigenvalue weighted by molar-refractivity contribution is 0.0667. The van der Waals surface area contributed by atoms with E-state index in [0.29, 0.717) is 18.9 Å². The summed E-state index contributed by atoms with van der Waals surface area (Å²) in [6.07, 6.45) is 2.63. The Bertz CT molecular complexity index is 1110. The predicted octanol–water partition coefficient (Wildman–Crippen LogP) is 6.09. The van der Waals surface area contributed by atoms with Gasteiger partial charge in [-0.15, -0.1) is 0 Å². The van der Waals surface area contributed by atoms with Crippen LogP contribution in [0.1, 0.15) is 55.6 Å². The Balaban J connectivity index is 1.41. The van der Waals surface area contributed by atoms with Gasteiger partial charge < -0.3 is 9.88 Å². The average molecular weight is 466 g/mol. The van der Waals surface area contributed by atoms with Crippen LogP contribution in [0, 0.1) is 5.92 Å². The Hall–Kier alpha value is -2.24. The maximum absolute atomic E-state index is 14.9. The third-order valence-corrected chi connectivity index (χ3v) is 7.54. The molecule has 1 saturated heterocycles. The molecule has 1 aromatic heterocycles. The number of aromatic nitrogens is 1. The number of halogens is 2. The van der Waals surface area contributed by atoms with Crippen LogP contribution in [0.25, 0.3) is 10.9 Å². The summed E-state index contributed by atoms with van der Waals surface area (Å²) in [5.74, 6) is 0.657. The highest BCUT2D eigenvalue weighted by atomic mass is 19.1. The number of rotatable bonds is 8. The van der Waals surface area contributed by atoms with Crippen LogP contribution >= 0.6 is 0 Å². The summed E-state index contributed by atoms with van der Waals surface area (Å²) in [6, 6.07) is 17.7. The zero-order valence-electron chi connectivity index (χ0n) is 20.7. The van der Waals surface area contributed by atoms with E-state index < -0.39 is 5.67 Å². The number of benzene rings is 2. The molecule has 1 unspecified atom stereocenters. The Labute approximate surface area is 202 Å². The van der Waals surface area contributed by atoms with Gasteiger partial charge in [-0.1, -0.05) is 42.5 Å². The lowest BCUT2D eigenvalue weighted by Crippen LogP contribution is -2.48. The Morgan fingerprint density at radius 3 is 2.50 bits per heavy atom. The fourth-order valence-electron chi connectivity index (χ4n) is 5.99. The molecule has 3 heterocycles. The monoisotopic (exact) mass is 465 g/mol. The third-order valence-electron chi connectivity index (χ3n) is 7.54. The zero-order valence-corrected chi connectivity index (χ0v) is 20.7. The summed E-state index contributed by atoms with van der Waals surface area (Å²) in [4.78, 5) is 8.37. The van der Waals surface area contributed by atoms with Crippen molar-refractivity contribution in [2.24, 2.45) is 5.92 Å². The molecule has 0 radical (unpaired) electrons. The quantitative estimate of drug-likeness (QED) is 0.435. The van der Waals surface area contributed by atoms with E-state index in [-0.39, 0.29) is 18.8 Å². The molecule has 1 fully saturated rings. The lowest BCUT2D eigenvalue weighted by atomic mass is 9.86. The van der Waals surface area contributed by atoms with Gasteiger partial charge >= 0.3 is 0 Å². The molecule has 2 aliphatic heterocycles. The number of para-hydroxylation sites is 1. The van der Waals surface area contributed by atoms with E-state index >= 15 is 0 Å². The molecule has 2 atom stereocenters. The van der Waals surface area contributed by atoms with Gasteiger partial charge in [-0.05, 0) is 68.7 Å². The average Bonchev–Trinajstić information content (AvgIpc) is 3.13. The number of likely N-dealkylation sites (tertiary alicyclic amines) is 1. The van der Waals surface area contributed by atoms with Crippen LogP contribution in [-0.4, -0.2) is 59.3 Å². The fraction of sp³-hybridized carbons (Fsp3) is 0.517. The molecule has 0 bridgehead atoms. The predicted molar refractivity (Wildman–Crippen MR) is 136 cm³/mol. The van der Waals surface area contributed by atoms with E-state index in [0.717, 1.165) is 38.0 Å². The number of hydrogen-bond acceptors (Lipinski definition) is 2. The summed E-state index contributed by atoms with van der Waals surface area (Å²) >= 11 is 0. The fourth-order valence-corrected chi connectivity index (χ4v) is 5.99. The number of H-pyrrole nitrogens is 1. The van der Waals surface area contributed by atoms with Crippen LogP contribution in [0.4, 0.5) is 8.78 Å². The zero-order chi connectivity index (χ0) is 23.9. The van der Waals surface area contributed by atoms with E-state index in [9.17, 15) is 8.78 Å². The molecule has 5 rings (SSSR count). The number of hydrogen-bond donors (Lipinski definition) is 1. The summed E-state index contributed by atoms with van der Waals surface area (Å²) in [7, 11) is 0. The van der Waals surface area contributed by atoms with Gasteiger partial charge in [-0.2, -0.15) is 0 Å². The van der Waals surface area contributed by atoms with Crippen molar-refractivity contribution in [1.29, 1.82) is 0 Å². The third kappa shape index (κ3) is 4.78. The van der Waals surface area contributed by atoms with Gasteiger partial charge in [0, 0.05) is 48.8 Å². The number of nitrogens with zero attached hydrogens (tertiary/aromatic N) is 2. The second-order valence-corrected chi connectivity index (χ2v) is 11.0. The normalized spacial score (nSPS) is 22.1. The molecule has 3 aromatic rings. The van der Waals surface area contributed by atoms with Crippen LogP contribution in [0.3, 0.4) is 0 Å². The second-order valence-electron chi connectivity index (χ2n) is 11.0. The van der Waals surface area contributed by atoms with Crippen molar-refractivity contribution in [2.45, 2.75) is 57.8 Å². The minimum Gasteiger partial charge on any atom is -0.357 e. The number of alkyl halides is 2. The van der Waals surface area contributed by atoms with Crippen LogP contribution in [0.2, 0.25) is 0 Å². The molecular formula is C29H37F2N3. The van der Waals surface area contributed by atoms with Crippen molar-refractivity contribution in [1.82, 2.24) is 14.8 Å². The van der Waals surface area contributed by atoms with Crippen LogP contribution < -0.4 is 0 Å². The maximum atomic E-state index is 14.9. The highest BCUT2D eigenvalue weighted by molar-refractivity contribution is 5.85. The largest absolute Gasteiger partial charge is 0.357 e. The summed E-state index contributed by atoms with van der Waals surface area (Å²) < 4.78 is 27.3. The topological polar surface area (TPSA) is 22.3 Å². The van der Waals surface area contributed by atoms with Crippen LogP contribution in [-0.2, 0) is 12.8 Å². The van der Waals surface area contributed by atoms with Gasteiger partial charge in [0.25, 0.3) is 0 Å². The standard InChI is InChI=1S/C29H37F2N3/c1-20-15-25-24-7-4-5-8-26(24)32-27(25)28(34(20)19-29(2,3)31)23-11-9-21(10-12-23)16-22-17-33(18-22)14-6-13-30/h4-5,7-12,20,22,28,32H,6,13-19H2,1-3H3/t20-,28?/m1/s1. The highest BCUT2D eigenvalue weighted by Crippen LogP contribution is 2.41. The van der Waals surface area contributed by atoms with E-state index in [1.165, 1.54) is 27.8 Å². The second kappa shape index (κ2) is 9.43. The Morgan fingerprint density at radius 1 is 1.06 bits per heavy atom. The van der Waals surface area contributed by atoms with Gasteiger partial charge in [0.15, 0.2) is 0 Å². The number of nitrogens with one attached hydrogen (secondary N) is 1. The molecule has 0 amide bonds. The van der Waals surface area contributed by atoms with Crippen molar-refractivity contribution in [3.63, 3.8) is 0 Å². The van der Waals surface area contributed by atoms with E-state index in [4.69, 9.17) is 0 Å². The number of fused-ring (bicyclic) bond motifs is 3. The first-order valence-electron chi connectivity index (χ1n) is 12.7. The molecule has 3 nitrogen and oxygen atoms in total. The number of aromatic amines is 1. The summed E-state index contributed by atoms with van der Waals surface area (Å²) in [6.45, 7) is 8.76. The van der Waals surface area contributed by atoms with Crippen molar-refractivity contribution in [3.05, 3.63) is 70.9 Å². The van der Waals surface area contributed by atoms with Crippen molar-refractivity contribution < 1.29 is 8.78 Å². The van der Waals surface area contributed by atoms with Crippen molar-refractivity contribution in [3.8, 4) is 0 Å². The van der Waals surface area contributed by atoms with Gasteiger partial charge in [-0.3, -0.25) is 9.29 Å². The summed E-state index contributed by atoms with van der Waals surface area (Å²) in [5.41, 5.74) is 5.02. The molecule has 0 aliphatic carbocycles. The SMILES string of the molecule is C[C@@H]1Cc2c([nH]c3ccccc23)C(c2ccc(CC3CN(CCCF)C3)cc2)N1CC(C)(C)F. The molecule has 0 saturated carbocycles. The minimum absolute atomic E-state index is 0.00937. The van der Waals surface area contributed by atoms with Crippen LogP contribution in [0.5, 0.6) is 0 Å². The first kappa shape index (κ1) is 23.5. The molecule has 5 heteroatoms. The Kier molecular flexibility index (Phi) is 6.51. The molecule has 2 aliphatic rings. The first-order valence-corrected chi connectivity index (χ1v) is 12.7. The maximum Gasteiger partial charge on any atom is 0.118 e. The lowest BCUT2D eigenvalue weighted by Gasteiger charge is -2.43. The van der Waals surface area contributed by atoms with E-state index in [1.54, 1.807) is 13.8 Å².